The van der Waals surface area contributed by atoms with Crippen LogP contribution in [-0.2, 0) is 11.3 Å². The Kier molecular flexibility index (Phi) is 8.56. The van der Waals surface area contributed by atoms with E-state index in [1.54, 1.807) is 14.2 Å². The largest absolute Gasteiger partial charge is 0.497 e. The third-order valence-corrected chi connectivity index (χ3v) is 5.45. The first-order chi connectivity index (χ1) is 13.3. The van der Waals surface area contributed by atoms with Crippen molar-refractivity contribution in [3.63, 3.8) is 0 Å². The van der Waals surface area contributed by atoms with Gasteiger partial charge in [-0.2, -0.15) is 0 Å². The van der Waals surface area contributed by atoms with Crippen LogP contribution in [0.5, 0.6) is 11.5 Å². The number of hydrogen-bond acceptors (Lipinski definition) is 6. The van der Waals surface area contributed by atoms with Crippen LogP contribution in [0.25, 0.3) is 0 Å². The minimum absolute atomic E-state index is 0.0295. The normalized spacial score (nSPS) is 21.6. The number of ether oxygens (including phenoxy) is 3. The first-order valence-electron chi connectivity index (χ1n) is 10.2. The van der Waals surface area contributed by atoms with Gasteiger partial charge in [-0.05, 0) is 64.2 Å². The Bertz CT molecular complexity index is 571. The van der Waals surface area contributed by atoms with E-state index < -0.39 is 6.10 Å². The molecule has 0 aromatic heterocycles. The maximum Gasteiger partial charge on any atom is 0.122 e. The SMILES string of the molecule is COc1cc(CN([C@H]2CC[C@H](OCC(O)CO)CC2)C(C)(C)C)cc(OC)c1. The van der Waals surface area contributed by atoms with E-state index in [0.717, 1.165) is 43.7 Å². The van der Waals surface area contributed by atoms with Crippen molar-refractivity contribution in [3.05, 3.63) is 23.8 Å². The van der Waals surface area contributed by atoms with E-state index in [-0.39, 0.29) is 24.9 Å². The van der Waals surface area contributed by atoms with Gasteiger partial charge in [-0.3, -0.25) is 4.90 Å². The van der Waals surface area contributed by atoms with Gasteiger partial charge in [0.05, 0.1) is 33.5 Å². The summed E-state index contributed by atoms with van der Waals surface area (Å²) in [5.74, 6) is 1.62. The number of rotatable bonds is 9. The summed E-state index contributed by atoms with van der Waals surface area (Å²) < 4.78 is 16.6. The molecule has 6 heteroatoms. The van der Waals surface area contributed by atoms with Crippen LogP contribution in [0.2, 0.25) is 0 Å². The Hall–Kier alpha value is -1.34. The summed E-state index contributed by atoms with van der Waals surface area (Å²) in [6.07, 6.45) is 3.42. The molecule has 1 aliphatic rings. The summed E-state index contributed by atoms with van der Waals surface area (Å²) in [6.45, 7) is 7.55. The van der Waals surface area contributed by atoms with E-state index in [1.807, 2.05) is 6.07 Å². The quantitative estimate of drug-likeness (QED) is 0.670. The molecule has 1 saturated carbocycles. The maximum atomic E-state index is 9.48. The fourth-order valence-electron chi connectivity index (χ4n) is 3.89. The second-order valence-electron chi connectivity index (χ2n) is 8.62. The standard InChI is InChI=1S/C22H37NO5/c1-22(2,3)23(13-16-10-20(26-4)12-21(11-16)27-5)17-6-8-19(9-7-17)28-15-18(25)14-24/h10-12,17-19,24-25H,6-9,13-15H2,1-5H3/t17-,18?,19-. The molecule has 0 amide bonds. The van der Waals surface area contributed by atoms with Gasteiger partial charge in [-0.1, -0.05) is 0 Å². The molecular weight excluding hydrogens is 358 g/mol. The molecule has 0 spiro atoms. The van der Waals surface area contributed by atoms with Crippen LogP contribution in [0.1, 0.15) is 52.0 Å². The zero-order valence-corrected chi connectivity index (χ0v) is 18.0. The van der Waals surface area contributed by atoms with Crippen LogP contribution in [0.15, 0.2) is 18.2 Å². The molecule has 1 unspecified atom stereocenters. The Balaban J connectivity index is 2.04. The molecule has 0 bridgehead atoms. The van der Waals surface area contributed by atoms with Crippen LogP contribution < -0.4 is 9.47 Å². The van der Waals surface area contributed by atoms with E-state index in [1.165, 1.54) is 5.56 Å². The zero-order valence-electron chi connectivity index (χ0n) is 18.0. The van der Waals surface area contributed by atoms with Crippen LogP contribution in [0.3, 0.4) is 0 Å². The molecule has 6 nitrogen and oxygen atoms in total. The molecule has 2 N–H and O–H groups in total. The molecular formula is C22H37NO5. The van der Waals surface area contributed by atoms with Crippen molar-refractivity contribution in [1.82, 2.24) is 4.90 Å². The highest BCUT2D eigenvalue weighted by Gasteiger charge is 2.32. The lowest BCUT2D eigenvalue weighted by Crippen LogP contribution is -2.49. The van der Waals surface area contributed by atoms with E-state index in [9.17, 15) is 5.11 Å². The molecule has 0 radical (unpaired) electrons. The minimum atomic E-state index is -0.785. The van der Waals surface area contributed by atoms with E-state index in [2.05, 4.69) is 37.8 Å². The molecule has 1 aromatic rings. The number of nitrogens with zero attached hydrogens (tertiary/aromatic N) is 1. The molecule has 1 aromatic carbocycles. The third-order valence-electron chi connectivity index (χ3n) is 5.45. The Morgan fingerprint density at radius 1 is 1.04 bits per heavy atom. The first kappa shape index (κ1) is 22.9. The molecule has 0 heterocycles. The second-order valence-corrected chi connectivity index (χ2v) is 8.62. The highest BCUT2D eigenvalue weighted by Crippen LogP contribution is 2.32. The van der Waals surface area contributed by atoms with Crippen molar-refractivity contribution in [3.8, 4) is 11.5 Å². The van der Waals surface area contributed by atoms with Crippen molar-refractivity contribution in [2.45, 2.75) is 76.8 Å². The molecule has 0 saturated heterocycles. The number of benzene rings is 1. The highest BCUT2D eigenvalue weighted by atomic mass is 16.5. The summed E-state index contributed by atoms with van der Waals surface area (Å²) >= 11 is 0. The van der Waals surface area contributed by atoms with Crippen LogP contribution in [0, 0.1) is 0 Å². The first-order valence-corrected chi connectivity index (χ1v) is 10.2. The molecule has 1 atom stereocenters. The Labute approximate surface area is 169 Å². The molecule has 2 rings (SSSR count). The molecule has 28 heavy (non-hydrogen) atoms. The third kappa shape index (κ3) is 6.62. The maximum absolute atomic E-state index is 9.48. The van der Waals surface area contributed by atoms with Crippen molar-refractivity contribution in [1.29, 1.82) is 0 Å². The summed E-state index contributed by atoms with van der Waals surface area (Å²) in [5, 5.41) is 18.4. The molecule has 160 valence electrons. The number of aliphatic hydroxyl groups excluding tert-OH is 2. The van der Waals surface area contributed by atoms with Crippen molar-refractivity contribution >= 4 is 0 Å². The van der Waals surface area contributed by atoms with Gasteiger partial charge in [0.25, 0.3) is 0 Å². The van der Waals surface area contributed by atoms with Gasteiger partial charge in [-0.25, -0.2) is 0 Å². The van der Waals surface area contributed by atoms with Crippen LogP contribution in [0.4, 0.5) is 0 Å². The second kappa shape index (κ2) is 10.4. The average Bonchev–Trinajstić information content (AvgIpc) is 2.69. The number of methoxy groups -OCH3 is 2. The number of aliphatic hydroxyl groups is 2. The van der Waals surface area contributed by atoms with Crippen LogP contribution >= 0.6 is 0 Å². The van der Waals surface area contributed by atoms with Gasteiger partial charge < -0.3 is 24.4 Å². The lowest BCUT2D eigenvalue weighted by atomic mass is 9.88. The summed E-state index contributed by atoms with van der Waals surface area (Å²) in [4.78, 5) is 2.56. The Morgan fingerprint density at radius 3 is 2.07 bits per heavy atom. The Morgan fingerprint density at radius 2 is 1.61 bits per heavy atom. The topological polar surface area (TPSA) is 71.4 Å². The van der Waals surface area contributed by atoms with Gasteiger partial charge in [0.15, 0.2) is 0 Å². The van der Waals surface area contributed by atoms with Gasteiger partial charge in [0, 0.05) is 24.2 Å². The van der Waals surface area contributed by atoms with Crippen LogP contribution in [-0.4, -0.2) is 66.3 Å². The van der Waals surface area contributed by atoms with Gasteiger partial charge in [0.2, 0.25) is 0 Å². The summed E-state index contributed by atoms with van der Waals surface area (Å²) in [6, 6.07) is 6.52. The van der Waals surface area contributed by atoms with Gasteiger partial charge >= 0.3 is 0 Å². The van der Waals surface area contributed by atoms with Gasteiger partial charge in [0.1, 0.15) is 17.6 Å². The summed E-state index contributed by atoms with van der Waals surface area (Å²) in [5.41, 5.74) is 1.21. The lowest BCUT2D eigenvalue weighted by molar-refractivity contribution is -0.0542. The number of hydrogen-bond donors (Lipinski definition) is 2. The molecule has 1 fully saturated rings. The highest BCUT2D eigenvalue weighted by molar-refractivity contribution is 5.38. The van der Waals surface area contributed by atoms with Crippen molar-refractivity contribution in [2.24, 2.45) is 0 Å². The zero-order chi connectivity index (χ0) is 20.7. The van der Waals surface area contributed by atoms with Crippen molar-refractivity contribution in [2.75, 3.05) is 27.4 Å². The minimum Gasteiger partial charge on any atom is -0.497 e. The van der Waals surface area contributed by atoms with Gasteiger partial charge in [-0.15, -0.1) is 0 Å². The fraction of sp³-hybridized carbons (Fsp3) is 0.727. The molecule has 0 aliphatic heterocycles. The smallest absolute Gasteiger partial charge is 0.122 e. The molecule has 1 aliphatic carbocycles. The lowest BCUT2D eigenvalue weighted by Gasteiger charge is -2.44. The van der Waals surface area contributed by atoms with E-state index in [4.69, 9.17) is 19.3 Å². The van der Waals surface area contributed by atoms with Crippen molar-refractivity contribution < 1.29 is 24.4 Å². The predicted octanol–water partition coefficient (Wildman–Crippen LogP) is 2.99. The average molecular weight is 396 g/mol. The predicted molar refractivity (Wildman–Crippen MR) is 110 cm³/mol. The van der Waals surface area contributed by atoms with E-state index in [0.29, 0.717) is 6.04 Å². The summed E-state index contributed by atoms with van der Waals surface area (Å²) in [7, 11) is 3.35. The fourth-order valence-corrected chi connectivity index (χ4v) is 3.89. The van der Waals surface area contributed by atoms with E-state index >= 15 is 0 Å². The monoisotopic (exact) mass is 395 g/mol.